The highest BCUT2D eigenvalue weighted by Crippen LogP contribution is 2.43. The van der Waals surface area contributed by atoms with Crippen molar-refractivity contribution in [1.29, 1.82) is 5.26 Å². The van der Waals surface area contributed by atoms with Crippen LogP contribution in [0.3, 0.4) is 0 Å². The van der Waals surface area contributed by atoms with Crippen molar-refractivity contribution in [3.8, 4) is 6.07 Å². The number of aromatic amines is 1. The summed E-state index contributed by atoms with van der Waals surface area (Å²) in [6.07, 6.45) is 4.04. The number of fused-ring (bicyclic) bond motifs is 1. The zero-order chi connectivity index (χ0) is 18.2. The predicted octanol–water partition coefficient (Wildman–Crippen LogP) is 1.98. The smallest absolute Gasteiger partial charge is 0.311 e. The number of hydrogen-bond donors (Lipinski definition) is 2. The van der Waals surface area contributed by atoms with Crippen LogP contribution >= 0.6 is 11.3 Å². The van der Waals surface area contributed by atoms with Crippen LogP contribution in [0.15, 0.2) is 15.5 Å². The first kappa shape index (κ1) is 17.4. The van der Waals surface area contributed by atoms with E-state index in [1.165, 1.54) is 20.9 Å². The van der Waals surface area contributed by atoms with Crippen LogP contribution in [0, 0.1) is 22.7 Å². The molecule has 0 fully saturated rings. The topological polar surface area (TPSA) is 103 Å². The lowest BCUT2D eigenvalue weighted by molar-refractivity contribution is -0.750. The molecule has 1 aliphatic rings. The fourth-order valence-electron chi connectivity index (χ4n) is 3.21. The first-order chi connectivity index (χ1) is 11.8. The van der Waals surface area contributed by atoms with Gasteiger partial charge in [0.15, 0.2) is 0 Å². The summed E-state index contributed by atoms with van der Waals surface area (Å²) in [7, 11) is 0. The Morgan fingerprint density at radius 1 is 1.56 bits per heavy atom. The van der Waals surface area contributed by atoms with Gasteiger partial charge >= 0.3 is 5.63 Å². The van der Waals surface area contributed by atoms with Crippen molar-refractivity contribution in [1.82, 2.24) is 5.27 Å². The van der Waals surface area contributed by atoms with E-state index in [1.54, 1.807) is 0 Å². The van der Waals surface area contributed by atoms with Crippen molar-refractivity contribution >= 4 is 22.2 Å². The zero-order valence-electron chi connectivity index (χ0n) is 14.5. The van der Waals surface area contributed by atoms with Gasteiger partial charge in [-0.15, -0.1) is 11.3 Å². The van der Waals surface area contributed by atoms with E-state index in [0.717, 1.165) is 31.0 Å². The van der Waals surface area contributed by atoms with Crippen molar-refractivity contribution in [2.24, 2.45) is 11.3 Å². The molecule has 1 amide bonds. The minimum atomic E-state index is -0.551. The molecule has 1 unspecified atom stereocenters. The van der Waals surface area contributed by atoms with E-state index >= 15 is 0 Å². The highest BCUT2D eigenvalue weighted by atomic mass is 32.1. The molecule has 0 aliphatic heterocycles. The van der Waals surface area contributed by atoms with Crippen LogP contribution < -0.4 is 15.6 Å². The van der Waals surface area contributed by atoms with Crippen LogP contribution in [-0.2, 0) is 24.2 Å². The molecule has 2 aromatic rings. The second-order valence-electron chi connectivity index (χ2n) is 7.44. The molecule has 2 heterocycles. The van der Waals surface area contributed by atoms with Gasteiger partial charge in [0.2, 0.25) is 0 Å². The Hall–Kier alpha value is -2.40. The third-order valence-electron chi connectivity index (χ3n) is 4.69. The van der Waals surface area contributed by atoms with Gasteiger partial charge in [-0.05, 0) is 41.4 Å². The van der Waals surface area contributed by atoms with Crippen LogP contribution in [0.5, 0.6) is 0 Å². The predicted molar refractivity (Wildman–Crippen MR) is 92.2 cm³/mol. The van der Waals surface area contributed by atoms with Crippen LogP contribution in [0.4, 0.5) is 5.00 Å². The summed E-state index contributed by atoms with van der Waals surface area (Å²) in [5, 5.41) is 15.3. The number of hydrogen-bond acceptors (Lipinski definition) is 5. The molecule has 8 heteroatoms. The first-order valence-electron chi connectivity index (χ1n) is 8.20. The van der Waals surface area contributed by atoms with E-state index in [2.05, 4.69) is 42.0 Å². The van der Waals surface area contributed by atoms with E-state index in [0.29, 0.717) is 16.5 Å². The largest absolute Gasteiger partial charge is 0.426 e. The molecular formula is C17H21N4O3S+. The summed E-state index contributed by atoms with van der Waals surface area (Å²) in [5.41, 5.74) is 1.33. The lowest BCUT2D eigenvalue weighted by atomic mass is 9.72. The number of aromatic nitrogens is 2. The summed E-state index contributed by atoms with van der Waals surface area (Å²) in [6, 6.07) is 2.24. The monoisotopic (exact) mass is 361 g/mol. The molecule has 0 spiro atoms. The molecule has 25 heavy (non-hydrogen) atoms. The number of nitrogens with zero attached hydrogens (tertiary/aromatic N) is 2. The van der Waals surface area contributed by atoms with Crippen molar-refractivity contribution in [2.45, 2.75) is 46.6 Å². The Bertz CT molecular complexity index is 894. The highest BCUT2D eigenvalue weighted by molar-refractivity contribution is 7.16. The van der Waals surface area contributed by atoms with Crippen LogP contribution in [-0.4, -0.2) is 11.2 Å². The second kappa shape index (κ2) is 6.48. The molecule has 1 aliphatic carbocycles. The number of rotatable bonds is 3. The van der Waals surface area contributed by atoms with E-state index in [9.17, 15) is 14.9 Å². The number of carbonyl (C=O) groups excluding carboxylic acids is 1. The Morgan fingerprint density at radius 2 is 2.32 bits per heavy atom. The third-order valence-corrected chi connectivity index (χ3v) is 5.86. The van der Waals surface area contributed by atoms with Gasteiger partial charge in [-0.2, -0.15) is 5.26 Å². The molecule has 0 bridgehead atoms. The van der Waals surface area contributed by atoms with Crippen molar-refractivity contribution in [3.63, 3.8) is 0 Å². The van der Waals surface area contributed by atoms with Crippen LogP contribution in [0.2, 0.25) is 0 Å². The fourth-order valence-corrected chi connectivity index (χ4v) is 4.51. The van der Waals surface area contributed by atoms with Gasteiger partial charge in [-0.3, -0.25) is 9.32 Å². The number of carbonyl (C=O) groups is 1. The van der Waals surface area contributed by atoms with Gasteiger partial charge in [-0.1, -0.05) is 25.5 Å². The van der Waals surface area contributed by atoms with Gasteiger partial charge in [0.1, 0.15) is 11.1 Å². The minimum absolute atomic E-state index is 0.0796. The average molecular weight is 361 g/mol. The average Bonchev–Trinajstić information content (AvgIpc) is 3.08. The summed E-state index contributed by atoms with van der Waals surface area (Å²) < 4.78 is 5.78. The van der Waals surface area contributed by atoms with Gasteiger partial charge in [0, 0.05) is 4.88 Å². The molecule has 132 valence electrons. The van der Waals surface area contributed by atoms with Crippen molar-refractivity contribution in [2.75, 3.05) is 5.32 Å². The number of amides is 1. The van der Waals surface area contributed by atoms with Gasteiger partial charge < -0.3 is 5.32 Å². The third kappa shape index (κ3) is 3.66. The van der Waals surface area contributed by atoms with Gasteiger partial charge in [0.05, 0.1) is 5.56 Å². The SMILES string of the molecule is CC(C)(C)C1CCc2c(sc(NC(=O)C[n+]3cc(=O)o[nH]3)c2C#N)C1. The minimum Gasteiger partial charge on any atom is -0.311 e. The van der Waals surface area contributed by atoms with E-state index < -0.39 is 5.63 Å². The van der Waals surface area contributed by atoms with Gasteiger partial charge in [-0.25, -0.2) is 4.79 Å². The first-order valence-corrected chi connectivity index (χ1v) is 9.02. The number of anilines is 1. The number of nitriles is 1. The maximum atomic E-state index is 12.2. The van der Waals surface area contributed by atoms with E-state index in [1.807, 2.05) is 0 Å². The standard InChI is InChI=1S/C17H20N4O3S/c1-17(2,3)10-4-5-11-12(7-18)16(25-13(11)6-10)19-14(22)8-21-9-15(23)24-20-21/h9-10H,4-6,8H2,1-3H3,(H-,19,20,22,23)/p+1. The van der Waals surface area contributed by atoms with E-state index in [-0.39, 0.29) is 17.9 Å². The summed E-state index contributed by atoms with van der Waals surface area (Å²) >= 11 is 1.49. The lowest BCUT2D eigenvalue weighted by Gasteiger charge is -2.33. The van der Waals surface area contributed by atoms with Crippen molar-refractivity contribution in [3.05, 3.63) is 32.6 Å². The number of H-pyrrole nitrogens is 1. The maximum Gasteiger partial charge on any atom is 0.426 e. The molecule has 2 N–H and O–H groups in total. The summed E-state index contributed by atoms with van der Waals surface area (Å²) in [4.78, 5) is 24.4. The molecule has 7 nitrogen and oxygen atoms in total. The molecule has 0 saturated carbocycles. The number of nitrogens with one attached hydrogen (secondary N) is 2. The molecule has 0 radical (unpaired) electrons. The molecular weight excluding hydrogens is 340 g/mol. The lowest BCUT2D eigenvalue weighted by Crippen LogP contribution is -2.41. The van der Waals surface area contributed by atoms with E-state index in [4.69, 9.17) is 0 Å². The number of thiophene rings is 1. The normalized spacial score (nSPS) is 17.0. The fraction of sp³-hybridized carbons (Fsp3) is 0.529. The van der Waals surface area contributed by atoms with Gasteiger partial charge in [0.25, 0.3) is 18.6 Å². The molecule has 0 saturated heterocycles. The zero-order valence-corrected chi connectivity index (χ0v) is 15.3. The second-order valence-corrected chi connectivity index (χ2v) is 8.55. The Morgan fingerprint density at radius 3 is 2.92 bits per heavy atom. The van der Waals surface area contributed by atoms with Crippen LogP contribution in [0.25, 0.3) is 0 Å². The van der Waals surface area contributed by atoms with Crippen molar-refractivity contribution < 1.29 is 14.0 Å². The summed E-state index contributed by atoms with van der Waals surface area (Å²) in [5.74, 6) is 0.254. The Balaban J connectivity index is 1.79. The maximum absolute atomic E-state index is 12.2. The quantitative estimate of drug-likeness (QED) is 0.816. The Kier molecular flexibility index (Phi) is 4.52. The Labute approximate surface area is 149 Å². The molecule has 0 aromatic carbocycles. The molecule has 3 rings (SSSR count). The highest BCUT2D eigenvalue weighted by Gasteiger charge is 2.32. The molecule has 1 atom stereocenters. The molecule has 2 aromatic heterocycles. The summed E-state index contributed by atoms with van der Waals surface area (Å²) in [6.45, 7) is 6.65. The van der Waals surface area contributed by atoms with Crippen LogP contribution in [0.1, 0.15) is 43.2 Å².